The van der Waals surface area contributed by atoms with Gasteiger partial charge in [0.25, 0.3) is 0 Å². The van der Waals surface area contributed by atoms with Crippen molar-refractivity contribution in [3.63, 3.8) is 0 Å². The van der Waals surface area contributed by atoms with Crippen molar-refractivity contribution < 1.29 is 9.47 Å². The third-order valence-corrected chi connectivity index (χ3v) is 4.87. The second-order valence-corrected chi connectivity index (χ2v) is 6.38. The average Bonchev–Trinajstić information content (AvgIpc) is 2.41. The van der Waals surface area contributed by atoms with Gasteiger partial charge in [0.05, 0.1) is 11.4 Å². The Kier molecular flexibility index (Phi) is 3.61. The van der Waals surface area contributed by atoms with Crippen molar-refractivity contribution in [1.82, 2.24) is 4.90 Å². The summed E-state index contributed by atoms with van der Waals surface area (Å²) in [7, 11) is 6.44. The first kappa shape index (κ1) is 14.3. The molecule has 0 aromatic heterocycles. The number of nitrogens with two attached hydrogens (primary N) is 1. The lowest BCUT2D eigenvalue weighted by Crippen LogP contribution is -2.56. The maximum absolute atomic E-state index is 6.21. The van der Waals surface area contributed by atoms with E-state index in [0.717, 1.165) is 29.4 Å². The molecule has 2 N–H and O–H groups in total. The van der Waals surface area contributed by atoms with Crippen LogP contribution in [0.4, 0.5) is 11.4 Å². The number of benzene rings is 1. The van der Waals surface area contributed by atoms with Gasteiger partial charge in [-0.2, -0.15) is 0 Å². The van der Waals surface area contributed by atoms with E-state index in [1.165, 1.54) is 19.3 Å². The first-order valence-electron chi connectivity index (χ1n) is 7.59. The summed E-state index contributed by atoms with van der Waals surface area (Å²) in [6, 6.07) is 3.88. The summed E-state index contributed by atoms with van der Waals surface area (Å²) in [4.78, 5) is 4.59. The quantitative estimate of drug-likeness (QED) is 0.860. The van der Waals surface area contributed by atoms with Crippen molar-refractivity contribution in [3.05, 3.63) is 12.1 Å². The van der Waals surface area contributed by atoms with Crippen molar-refractivity contribution in [1.29, 1.82) is 0 Å². The van der Waals surface area contributed by atoms with Crippen molar-refractivity contribution in [2.75, 3.05) is 51.5 Å². The molecular weight excluding hydrogens is 266 g/mol. The molecule has 0 unspecified atom stereocenters. The highest BCUT2D eigenvalue weighted by atomic mass is 16.6. The molecule has 5 nitrogen and oxygen atoms in total. The molecule has 1 heterocycles. The number of nitrogens with zero attached hydrogens (tertiary/aromatic N) is 2. The fourth-order valence-electron chi connectivity index (χ4n) is 3.28. The Hall–Kier alpha value is -1.62. The number of ether oxygens (including phenoxy) is 2. The van der Waals surface area contributed by atoms with Crippen LogP contribution < -0.4 is 20.1 Å². The van der Waals surface area contributed by atoms with E-state index in [4.69, 9.17) is 15.2 Å². The first-order chi connectivity index (χ1) is 10.0. The third-order valence-electron chi connectivity index (χ3n) is 4.87. The predicted molar refractivity (Wildman–Crippen MR) is 85.4 cm³/mol. The van der Waals surface area contributed by atoms with Crippen LogP contribution in [0.25, 0.3) is 0 Å². The molecule has 0 spiro atoms. The smallest absolute Gasteiger partial charge is 0.163 e. The number of hydrogen-bond acceptors (Lipinski definition) is 5. The Morgan fingerprint density at radius 1 is 1.10 bits per heavy atom. The molecule has 1 saturated carbocycles. The largest absolute Gasteiger partial charge is 0.486 e. The van der Waals surface area contributed by atoms with Gasteiger partial charge in [-0.05, 0) is 33.4 Å². The molecule has 1 fully saturated rings. The predicted octanol–water partition coefficient (Wildman–Crippen LogP) is 1.96. The molecule has 116 valence electrons. The second kappa shape index (κ2) is 5.30. The molecule has 0 bridgehead atoms. The Bertz CT molecular complexity index is 526. The maximum Gasteiger partial charge on any atom is 0.163 e. The third kappa shape index (κ3) is 2.50. The van der Waals surface area contributed by atoms with E-state index >= 15 is 0 Å². The highest BCUT2D eigenvalue weighted by molar-refractivity contribution is 5.73. The van der Waals surface area contributed by atoms with Gasteiger partial charge in [-0.25, -0.2) is 0 Å². The van der Waals surface area contributed by atoms with Gasteiger partial charge in [0.15, 0.2) is 11.5 Å². The fourth-order valence-corrected chi connectivity index (χ4v) is 3.28. The van der Waals surface area contributed by atoms with E-state index in [9.17, 15) is 0 Å². The Balaban J connectivity index is 1.82. The van der Waals surface area contributed by atoms with Gasteiger partial charge in [0.2, 0.25) is 0 Å². The molecule has 0 atom stereocenters. The van der Waals surface area contributed by atoms with Crippen LogP contribution in [0.3, 0.4) is 0 Å². The molecule has 1 aromatic carbocycles. The highest BCUT2D eigenvalue weighted by Crippen LogP contribution is 2.41. The minimum Gasteiger partial charge on any atom is -0.486 e. The summed E-state index contributed by atoms with van der Waals surface area (Å²) >= 11 is 0. The van der Waals surface area contributed by atoms with Gasteiger partial charge < -0.3 is 25.0 Å². The highest BCUT2D eigenvalue weighted by Gasteiger charge is 2.40. The van der Waals surface area contributed by atoms with Gasteiger partial charge in [0, 0.05) is 31.3 Å². The molecule has 5 heteroatoms. The summed E-state index contributed by atoms with van der Waals surface area (Å²) in [5.74, 6) is 1.55. The van der Waals surface area contributed by atoms with Crippen molar-refractivity contribution in [3.8, 4) is 11.5 Å². The van der Waals surface area contributed by atoms with E-state index in [1.54, 1.807) is 0 Å². The number of nitrogen functional groups attached to an aromatic ring is 1. The zero-order valence-corrected chi connectivity index (χ0v) is 13.2. The summed E-state index contributed by atoms with van der Waals surface area (Å²) in [6.45, 7) is 2.16. The zero-order valence-electron chi connectivity index (χ0n) is 13.2. The SMILES string of the molecule is CN(CC1(N(C)C)CCC1)c1cc2c(cc1N)OCCO2. The van der Waals surface area contributed by atoms with Gasteiger partial charge in [-0.15, -0.1) is 0 Å². The topological polar surface area (TPSA) is 51.0 Å². The monoisotopic (exact) mass is 291 g/mol. The van der Waals surface area contributed by atoms with E-state index in [1.807, 2.05) is 12.1 Å². The first-order valence-corrected chi connectivity index (χ1v) is 7.59. The van der Waals surface area contributed by atoms with Gasteiger partial charge >= 0.3 is 0 Å². The number of rotatable bonds is 4. The normalized spacial score (nSPS) is 19.2. The average molecular weight is 291 g/mol. The number of likely N-dealkylation sites (N-methyl/N-ethyl adjacent to an activating group) is 2. The maximum atomic E-state index is 6.21. The molecule has 21 heavy (non-hydrogen) atoms. The molecule has 0 amide bonds. The van der Waals surface area contributed by atoms with E-state index in [0.29, 0.717) is 13.2 Å². The van der Waals surface area contributed by atoms with Crippen LogP contribution in [0.5, 0.6) is 11.5 Å². The molecule has 1 aliphatic carbocycles. The van der Waals surface area contributed by atoms with Crippen molar-refractivity contribution in [2.24, 2.45) is 0 Å². The lowest BCUT2D eigenvalue weighted by atomic mass is 9.75. The fraction of sp³-hybridized carbons (Fsp3) is 0.625. The van der Waals surface area contributed by atoms with Crippen LogP contribution in [0, 0.1) is 0 Å². The number of anilines is 2. The molecule has 0 radical (unpaired) electrons. The van der Waals surface area contributed by atoms with Gasteiger partial charge in [0.1, 0.15) is 13.2 Å². The van der Waals surface area contributed by atoms with Crippen molar-refractivity contribution in [2.45, 2.75) is 24.8 Å². The minimum atomic E-state index is 0.272. The van der Waals surface area contributed by atoms with E-state index in [-0.39, 0.29) is 5.54 Å². The Morgan fingerprint density at radius 3 is 2.24 bits per heavy atom. The van der Waals surface area contributed by atoms with E-state index in [2.05, 4.69) is 30.9 Å². The molecule has 2 aliphatic rings. The standard InChI is InChI=1S/C16H25N3O2/c1-18(2)16(5-4-6-16)11-19(3)13-10-15-14(9-12(13)17)20-7-8-21-15/h9-10H,4-8,11,17H2,1-3H3. The van der Waals surface area contributed by atoms with Crippen LogP contribution in [-0.4, -0.2) is 51.3 Å². The molecular formula is C16H25N3O2. The lowest BCUT2D eigenvalue weighted by molar-refractivity contribution is 0.0683. The summed E-state index contributed by atoms with van der Waals surface area (Å²) in [6.07, 6.45) is 3.80. The Morgan fingerprint density at radius 2 is 1.71 bits per heavy atom. The van der Waals surface area contributed by atoms with Crippen molar-refractivity contribution >= 4 is 11.4 Å². The molecule has 1 aromatic rings. The number of hydrogen-bond donors (Lipinski definition) is 1. The van der Waals surface area contributed by atoms with Crippen LogP contribution in [0.15, 0.2) is 12.1 Å². The zero-order chi connectivity index (χ0) is 15.0. The van der Waals surface area contributed by atoms with Crippen LogP contribution in [0.1, 0.15) is 19.3 Å². The molecule has 3 rings (SSSR count). The van der Waals surface area contributed by atoms with Crippen LogP contribution in [-0.2, 0) is 0 Å². The van der Waals surface area contributed by atoms with Gasteiger partial charge in [-0.1, -0.05) is 0 Å². The summed E-state index contributed by atoms with van der Waals surface area (Å²) in [5, 5.41) is 0. The number of fused-ring (bicyclic) bond motifs is 1. The van der Waals surface area contributed by atoms with E-state index < -0.39 is 0 Å². The van der Waals surface area contributed by atoms with Gasteiger partial charge in [-0.3, -0.25) is 0 Å². The minimum absolute atomic E-state index is 0.272. The lowest BCUT2D eigenvalue weighted by Gasteiger charge is -2.49. The second-order valence-electron chi connectivity index (χ2n) is 6.38. The Labute approximate surface area is 126 Å². The summed E-state index contributed by atoms with van der Waals surface area (Å²) < 4.78 is 11.2. The molecule has 1 aliphatic heterocycles. The van der Waals surface area contributed by atoms with Crippen LogP contribution >= 0.6 is 0 Å². The molecule has 0 saturated heterocycles. The van der Waals surface area contributed by atoms with Crippen LogP contribution in [0.2, 0.25) is 0 Å². The summed E-state index contributed by atoms with van der Waals surface area (Å²) in [5.41, 5.74) is 8.25.